The van der Waals surface area contributed by atoms with E-state index in [9.17, 15) is 23.2 Å². The van der Waals surface area contributed by atoms with Crippen LogP contribution in [0.1, 0.15) is 13.3 Å². The highest BCUT2D eigenvalue weighted by Crippen LogP contribution is 2.29. The van der Waals surface area contributed by atoms with Crippen LogP contribution in [0.5, 0.6) is 11.5 Å². The molecule has 0 bridgehead atoms. The summed E-state index contributed by atoms with van der Waals surface area (Å²) in [5.41, 5.74) is 0.841. The van der Waals surface area contributed by atoms with Crippen molar-refractivity contribution in [1.29, 1.82) is 0 Å². The van der Waals surface area contributed by atoms with E-state index in [0.717, 1.165) is 0 Å². The molecule has 0 aromatic heterocycles. The predicted octanol–water partition coefficient (Wildman–Crippen LogP) is 3.87. The molecule has 1 N–H and O–H groups in total. The van der Waals surface area contributed by atoms with Crippen molar-refractivity contribution in [3.8, 4) is 11.5 Å². The lowest BCUT2D eigenvalue weighted by atomic mass is 10.1. The molecule has 33 heavy (non-hydrogen) atoms. The van der Waals surface area contributed by atoms with Crippen LogP contribution in [0.3, 0.4) is 0 Å². The first kappa shape index (κ1) is 24.2. The van der Waals surface area contributed by atoms with Gasteiger partial charge in [0.25, 0.3) is 5.91 Å². The number of carbonyl (C=O) groups is 3. The maximum absolute atomic E-state index is 12.4. The Morgan fingerprint density at radius 1 is 1.21 bits per heavy atom. The molecule has 0 aliphatic carbocycles. The van der Waals surface area contributed by atoms with Crippen molar-refractivity contribution in [3.05, 3.63) is 47.5 Å². The third-order valence-corrected chi connectivity index (χ3v) is 4.99. The summed E-state index contributed by atoms with van der Waals surface area (Å²) in [4.78, 5) is 38.2. The van der Waals surface area contributed by atoms with Gasteiger partial charge in [-0.05, 0) is 49.4 Å². The summed E-state index contributed by atoms with van der Waals surface area (Å²) in [5, 5.41) is 2.31. The highest BCUT2D eigenvalue weighted by atomic mass is 35.5. The summed E-state index contributed by atoms with van der Waals surface area (Å²) in [6.07, 6.45) is -0.0329. The molecule has 0 saturated carbocycles. The first-order chi connectivity index (χ1) is 15.8. The van der Waals surface area contributed by atoms with Crippen molar-refractivity contribution in [2.75, 3.05) is 30.0 Å². The molecule has 3 rings (SSSR count). The minimum Gasteiger partial charge on any atom is -0.494 e. The van der Waals surface area contributed by atoms with Gasteiger partial charge in [-0.15, -0.1) is 0 Å². The molecule has 0 radical (unpaired) electrons. The molecule has 1 heterocycles. The third-order valence-electron chi connectivity index (χ3n) is 4.69. The predicted molar refractivity (Wildman–Crippen MR) is 116 cm³/mol. The van der Waals surface area contributed by atoms with Gasteiger partial charge in [-0.1, -0.05) is 11.6 Å². The standard InChI is InChI=1S/C22H21ClF2N2O6/c1-2-31-16-6-4-15(5-7-16)27-11-13(9-20(27)29)21(30)32-12-19(28)26-14-3-8-18(17(23)10-14)33-22(24)25/h3-8,10,13,22H,2,9,11-12H2,1H3,(H,26,28). The zero-order valence-corrected chi connectivity index (χ0v) is 18.3. The number of halogens is 3. The van der Waals surface area contributed by atoms with Gasteiger partial charge in [0.1, 0.15) is 11.5 Å². The van der Waals surface area contributed by atoms with Gasteiger partial charge in [0.05, 0.1) is 17.5 Å². The second-order valence-corrected chi connectivity index (χ2v) is 7.42. The number of anilines is 2. The second kappa shape index (κ2) is 11.0. The van der Waals surface area contributed by atoms with E-state index in [-0.39, 0.29) is 35.3 Å². The fourth-order valence-corrected chi connectivity index (χ4v) is 3.45. The minimum absolute atomic E-state index is 0.0329. The Kier molecular flexibility index (Phi) is 8.05. The Morgan fingerprint density at radius 3 is 2.58 bits per heavy atom. The van der Waals surface area contributed by atoms with Crippen molar-refractivity contribution in [1.82, 2.24) is 0 Å². The molecular weight excluding hydrogens is 462 g/mol. The van der Waals surface area contributed by atoms with E-state index in [1.165, 1.54) is 23.1 Å². The molecule has 1 aliphatic rings. The number of esters is 1. The Labute approximate surface area is 193 Å². The average Bonchev–Trinajstić information content (AvgIpc) is 3.16. The fourth-order valence-electron chi connectivity index (χ4n) is 3.23. The number of benzene rings is 2. The monoisotopic (exact) mass is 482 g/mol. The summed E-state index contributed by atoms with van der Waals surface area (Å²) in [6.45, 7) is -1.09. The summed E-state index contributed by atoms with van der Waals surface area (Å²) < 4.78 is 39.2. The topological polar surface area (TPSA) is 94.2 Å². The van der Waals surface area contributed by atoms with E-state index in [1.807, 2.05) is 6.92 Å². The Hall–Kier alpha value is -3.40. The van der Waals surface area contributed by atoms with Crippen LogP contribution in [0.25, 0.3) is 0 Å². The van der Waals surface area contributed by atoms with E-state index in [0.29, 0.717) is 18.0 Å². The number of ether oxygens (including phenoxy) is 3. The molecule has 2 aromatic rings. The van der Waals surface area contributed by atoms with Crippen molar-refractivity contribution >= 4 is 40.8 Å². The minimum atomic E-state index is -3.03. The smallest absolute Gasteiger partial charge is 0.387 e. The van der Waals surface area contributed by atoms with Crippen LogP contribution in [0.2, 0.25) is 5.02 Å². The first-order valence-electron chi connectivity index (χ1n) is 10.0. The van der Waals surface area contributed by atoms with E-state index in [4.69, 9.17) is 21.1 Å². The van der Waals surface area contributed by atoms with Crippen LogP contribution >= 0.6 is 11.6 Å². The SMILES string of the molecule is CCOc1ccc(N2CC(C(=O)OCC(=O)Nc3ccc(OC(F)F)c(Cl)c3)CC2=O)cc1. The molecular formula is C22H21ClF2N2O6. The quantitative estimate of drug-likeness (QED) is 0.545. The number of nitrogens with zero attached hydrogens (tertiary/aromatic N) is 1. The van der Waals surface area contributed by atoms with Gasteiger partial charge < -0.3 is 24.4 Å². The molecule has 11 heteroatoms. The number of hydrogen-bond donors (Lipinski definition) is 1. The molecule has 8 nitrogen and oxygen atoms in total. The van der Waals surface area contributed by atoms with Crippen LogP contribution in [0, 0.1) is 5.92 Å². The lowest BCUT2D eigenvalue weighted by molar-refractivity contribution is -0.151. The summed E-state index contributed by atoms with van der Waals surface area (Å²) in [6, 6.07) is 10.6. The Morgan fingerprint density at radius 2 is 1.94 bits per heavy atom. The molecule has 1 aliphatic heterocycles. The average molecular weight is 483 g/mol. The zero-order valence-electron chi connectivity index (χ0n) is 17.6. The van der Waals surface area contributed by atoms with E-state index >= 15 is 0 Å². The van der Waals surface area contributed by atoms with Gasteiger partial charge in [0.15, 0.2) is 6.61 Å². The van der Waals surface area contributed by atoms with Crippen LogP contribution in [-0.2, 0) is 19.1 Å². The molecule has 176 valence electrons. The normalized spacial score (nSPS) is 15.5. The van der Waals surface area contributed by atoms with Crippen LogP contribution in [0.15, 0.2) is 42.5 Å². The number of rotatable bonds is 9. The fraction of sp³-hybridized carbons (Fsp3) is 0.318. The van der Waals surface area contributed by atoms with Crippen molar-refractivity contribution in [2.45, 2.75) is 20.0 Å². The highest BCUT2D eigenvalue weighted by Gasteiger charge is 2.36. The Balaban J connectivity index is 1.50. The molecule has 1 fully saturated rings. The second-order valence-electron chi connectivity index (χ2n) is 7.01. The molecule has 0 spiro atoms. The number of amides is 2. The molecule has 2 amide bonds. The van der Waals surface area contributed by atoms with Gasteiger partial charge in [-0.25, -0.2) is 0 Å². The van der Waals surface area contributed by atoms with Gasteiger partial charge in [-0.2, -0.15) is 8.78 Å². The van der Waals surface area contributed by atoms with E-state index in [2.05, 4.69) is 10.1 Å². The zero-order chi connectivity index (χ0) is 24.0. The molecule has 1 atom stereocenters. The summed E-state index contributed by atoms with van der Waals surface area (Å²) in [7, 11) is 0. The van der Waals surface area contributed by atoms with Crippen LogP contribution < -0.4 is 19.7 Å². The largest absolute Gasteiger partial charge is 0.494 e. The summed E-state index contributed by atoms with van der Waals surface area (Å²) in [5.74, 6) is -1.84. The van der Waals surface area contributed by atoms with E-state index in [1.54, 1.807) is 24.3 Å². The summed E-state index contributed by atoms with van der Waals surface area (Å²) >= 11 is 5.83. The lowest BCUT2D eigenvalue weighted by Crippen LogP contribution is -2.28. The van der Waals surface area contributed by atoms with Crippen molar-refractivity contribution in [2.24, 2.45) is 5.92 Å². The number of carbonyl (C=O) groups excluding carboxylic acids is 3. The van der Waals surface area contributed by atoms with Gasteiger partial charge in [-0.3, -0.25) is 14.4 Å². The molecule has 1 saturated heterocycles. The van der Waals surface area contributed by atoms with Crippen LogP contribution in [0.4, 0.5) is 20.2 Å². The number of nitrogens with one attached hydrogen (secondary N) is 1. The van der Waals surface area contributed by atoms with Gasteiger partial charge in [0, 0.05) is 24.3 Å². The first-order valence-corrected chi connectivity index (χ1v) is 10.4. The third kappa shape index (κ3) is 6.55. The van der Waals surface area contributed by atoms with Crippen molar-refractivity contribution in [3.63, 3.8) is 0 Å². The molecule has 1 unspecified atom stereocenters. The van der Waals surface area contributed by atoms with Crippen molar-refractivity contribution < 1.29 is 37.4 Å². The van der Waals surface area contributed by atoms with Crippen LogP contribution in [-0.4, -0.2) is 44.2 Å². The van der Waals surface area contributed by atoms with Gasteiger partial charge in [0.2, 0.25) is 5.91 Å². The van der Waals surface area contributed by atoms with E-state index < -0.39 is 31.0 Å². The highest BCUT2D eigenvalue weighted by molar-refractivity contribution is 6.32. The van der Waals surface area contributed by atoms with Gasteiger partial charge >= 0.3 is 12.6 Å². The maximum atomic E-state index is 12.4. The maximum Gasteiger partial charge on any atom is 0.387 e. The molecule has 2 aromatic carbocycles. The lowest BCUT2D eigenvalue weighted by Gasteiger charge is -2.17. The Bertz CT molecular complexity index is 1020. The number of hydrogen-bond acceptors (Lipinski definition) is 6. The number of alkyl halides is 2.